The van der Waals surface area contributed by atoms with Crippen molar-refractivity contribution < 1.29 is 19.1 Å². The summed E-state index contributed by atoms with van der Waals surface area (Å²) in [7, 11) is -2.36. The molecule has 0 amide bonds. The topological polar surface area (TPSA) is 114 Å². The van der Waals surface area contributed by atoms with Gasteiger partial charge >= 0.3 is 11.9 Å². The summed E-state index contributed by atoms with van der Waals surface area (Å²) < 4.78 is 13.4. The number of ether oxygens (including phenoxy) is 2. The first-order valence-electron chi connectivity index (χ1n) is 12.1. The zero-order valence-electron chi connectivity index (χ0n) is 20.7. The molecule has 9 heteroatoms. The highest BCUT2D eigenvalue weighted by atomic mass is 28.3. The van der Waals surface area contributed by atoms with Crippen LogP contribution >= 0.6 is 0 Å². The molecule has 2 aromatic heterocycles. The van der Waals surface area contributed by atoms with Crippen molar-refractivity contribution in [2.24, 2.45) is 5.73 Å². The second kappa shape index (κ2) is 8.53. The number of nitrogens with two attached hydrogens (primary N) is 1. The number of carbonyl (C=O) groups is 2. The van der Waals surface area contributed by atoms with E-state index < -0.39 is 37.9 Å². The molecule has 0 radical (unpaired) electrons. The molecule has 2 aliphatic rings. The molecule has 36 heavy (non-hydrogen) atoms. The average Bonchev–Trinajstić information content (AvgIpc) is 3.21. The third kappa shape index (κ3) is 3.45. The number of nitrogens with zero attached hydrogens (tertiary/aromatic N) is 2. The van der Waals surface area contributed by atoms with E-state index in [1.54, 1.807) is 23.6 Å². The van der Waals surface area contributed by atoms with E-state index in [1.807, 2.05) is 30.3 Å². The molecule has 0 saturated heterocycles. The van der Waals surface area contributed by atoms with E-state index >= 15 is 0 Å². The van der Waals surface area contributed by atoms with E-state index in [-0.39, 0.29) is 12.0 Å². The molecule has 2 unspecified atom stereocenters. The first kappa shape index (κ1) is 24.1. The molecule has 2 N–H and O–H groups in total. The fraction of sp³-hybridized carbons (Fsp3) is 0.333. The summed E-state index contributed by atoms with van der Waals surface area (Å²) in [6, 6.07) is 12.2. The van der Waals surface area contributed by atoms with Gasteiger partial charge in [-0.25, -0.2) is 9.78 Å². The Hall–Kier alpha value is -3.56. The van der Waals surface area contributed by atoms with Crippen molar-refractivity contribution in [2.45, 2.75) is 50.4 Å². The van der Waals surface area contributed by atoms with E-state index in [0.717, 1.165) is 16.5 Å². The quantitative estimate of drug-likeness (QED) is 0.243. The molecule has 0 saturated carbocycles. The van der Waals surface area contributed by atoms with Gasteiger partial charge in [-0.1, -0.05) is 44.3 Å². The van der Waals surface area contributed by atoms with Crippen LogP contribution < -0.4 is 11.3 Å². The zero-order valence-corrected chi connectivity index (χ0v) is 21.7. The molecule has 2 atom stereocenters. The van der Waals surface area contributed by atoms with Crippen molar-refractivity contribution in [1.82, 2.24) is 9.55 Å². The van der Waals surface area contributed by atoms with Crippen molar-refractivity contribution in [2.75, 3.05) is 6.54 Å². The molecular formula is C27H29N3O5Si. The van der Waals surface area contributed by atoms with E-state index in [2.05, 4.69) is 19.7 Å². The lowest BCUT2D eigenvalue weighted by atomic mass is 9.85. The number of aromatic nitrogens is 2. The maximum Gasteiger partial charge on any atom is 0.355 e. The van der Waals surface area contributed by atoms with Crippen molar-refractivity contribution in [3.8, 4) is 11.4 Å². The SMILES string of the molecule is C=CC[Si](C)(C)C1OC(=O)C(CC)(OC(=O)CN)c2cc3n(c(=O)c21)Cc1cc2ccccc2nc1-3. The molecule has 4 heterocycles. The van der Waals surface area contributed by atoms with E-state index in [1.165, 1.54) is 0 Å². The minimum atomic E-state index is -2.36. The molecule has 0 aliphatic carbocycles. The van der Waals surface area contributed by atoms with Crippen molar-refractivity contribution in [3.63, 3.8) is 0 Å². The average molecular weight is 504 g/mol. The van der Waals surface area contributed by atoms with Gasteiger partial charge < -0.3 is 19.8 Å². The van der Waals surface area contributed by atoms with Crippen molar-refractivity contribution in [1.29, 1.82) is 0 Å². The Kier molecular flexibility index (Phi) is 5.72. The molecule has 2 aliphatic heterocycles. The number of esters is 2. The van der Waals surface area contributed by atoms with Gasteiger partial charge in [0, 0.05) is 16.5 Å². The fourth-order valence-electron chi connectivity index (χ4n) is 5.42. The molecule has 3 aromatic rings. The van der Waals surface area contributed by atoms with Gasteiger partial charge in [-0.15, -0.1) is 6.58 Å². The van der Waals surface area contributed by atoms with Gasteiger partial charge in [-0.3, -0.25) is 9.59 Å². The van der Waals surface area contributed by atoms with Crippen molar-refractivity contribution in [3.05, 3.63) is 76.1 Å². The van der Waals surface area contributed by atoms with Crippen LogP contribution in [0.4, 0.5) is 0 Å². The minimum Gasteiger partial charge on any atom is -0.458 e. The molecule has 0 bridgehead atoms. The number of para-hydroxylation sites is 1. The summed E-state index contributed by atoms with van der Waals surface area (Å²) in [6.07, 6.45) is 1.90. The van der Waals surface area contributed by atoms with Gasteiger partial charge in [0.05, 0.1) is 35.6 Å². The van der Waals surface area contributed by atoms with Crippen LogP contribution in [0.1, 0.15) is 35.8 Å². The van der Waals surface area contributed by atoms with Crippen LogP contribution in [-0.2, 0) is 31.2 Å². The van der Waals surface area contributed by atoms with Crippen molar-refractivity contribution >= 4 is 30.9 Å². The summed E-state index contributed by atoms with van der Waals surface area (Å²) in [5.41, 5.74) is 6.56. The minimum absolute atomic E-state index is 0.0988. The lowest BCUT2D eigenvalue weighted by molar-refractivity contribution is -0.189. The van der Waals surface area contributed by atoms with Gasteiger partial charge in [0.15, 0.2) is 0 Å². The number of benzene rings is 1. The molecular weight excluding hydrogens is 474 g/mol. The second-order valence-corrected chi connectivity index (χ2v) is 15.0. The van der Waals surface area contributed by atoms with Gasteiger partial charge in [0.1, 0.15) is 13.8 Å². The maximum atomic E-state index is 14.2. The number of fused-ring (bicyclic) bond motifs is 5. The maximum absolute atomic E-state index is 14.2. The Morgan fingerprint density at radius 3 is 2.78 bits per heavy atom. The Bertz CT molecular complexity index is 1490. The Balaban J connectivity index is 1.82. The lowest BCUT2D eigenvalue weighted by Crippen LogP contribution is -2.54. The molecule has 8 nitrogen and oxygen atoms in total. The number of carbonyl (C=O) groups excluding carboxylic acids is 2. The summed E-state index contributed by atoms with van der Waals surface area (Å²) in [5.74, 6) is -1.42. The summed E-state index contributed by atoms with van der Waals surface area (Å²) in [4.78, 5) is 45.0. The molecule has 0 spiro atoms. The predicted molar refractivity (Wildman–Crippen MR) is 139 cm³/mol. The molecule has 1 aromatic carbocycles. The standard InChI is InChI=1S/C27H29N3O5Si/c1-5-11-36(3,4)25-22-18(27(6-2,26(33)34-25)35-21(31)14-28)13-20-23-17(15-30(20)24(22)32)12-16-9-7-8-10-19(16)29-23/h5,7-10,12-13,25H,1,6,11,14-15,28H2,2-4H3. The van der Waals surface area contributed by atoms with Gasteiger partial charge in [-0.2, -0.15) is 0 Å². The van der Waals surface area contributed by atoms with E-state index in [4.69, 9.17) is 20.2 Å². The monoisotopic (exact) mass is 503 g/mol. The number of hydrogen-bond donors (Lipinski definition) is 1. The Labute approximate surface area is 209 Å². The highest BCUT2D eigenvalue weighted by molar-refractivity contribution is 6.79. The Morgan fingerprint density at radius 2 is 2.08 bits per heavy atom. The first-order chi connectivity index (χ1) is 17.2. The van der Waals surface area contributed by atoms with E-state index in [0.29, 0.717) is 35.1 Å². The fourth-order valence-corrected chi connectivity index (χ4v) is 7.86. The second-order valence-electron chi connectivity index (χ2n) is 10.1. The predicted octanol–water partition coefficient (Wildman–Crippen LogP) is 3.56. The molecule has 5 rings (SSSR count). The number of pyridine rings is 2. The summed E-state index contributed by atoms with van der Waals surface area (Å²) in [5, 5.41) is 0.984. The van der Waals surface area contributed by atoms with Crippen LogP contribution in [0, 0.1) is 0 Å². The van der Waals surface area contributed by atoms with Crippen LogP contribution in [0.3, 0.4) is 0 Å². The van der Waals surface area contributed by atoms with Gasteiger partial charge in [-0.05, 0) is 30.7 Å². The van der Waals surface area contributed by atoms with Gasteiger partial charge in [0.2, 0.25) is 5.60 Å². The van der Waals surface area contributed by atoms with Crippen LogP contribution in [0.5, 0.6) is 0 Å². The number of rotatable bonds is 6. The van der Waals surface area contributed by atoms with Crippen LogP contribution in [-0.4, -0.2) is 36.1 Å². The van der Waals surface area contributed by atoms with Gasteiger partial charge in [0.25, 0.3) is 5.56 Å². The lowest BCUT2D eigenvalue weighted by Gasteiger charge is -2.43. The highest BCUT2D eigenvalue weighted by Crippen LogP contribution is 2.47. The van der Waals surface area contributed by atoms with Crippen LogP contribution in [0.2, 0.25) is 19.1 Å². The number of cyclic esters (lactones) is 1. The largest absolute Gasteiger partial charge is 0.458 e. The molecule has 186 valence electrons. The number of allylic oxidation sites excluding steroid dienone is 1. The third-order valence-corrected chi connectivity index (χ3v) is 10.5. The summed E-state index contributed by atoms with van der Waals surface area (Å²) >= 11 is 0. The smallest absolute Gasteiger partial charge is 0.355 e. The Morgan fingerprint density at radius 1 is 1.33 bits per heavy atom. The van der Waals surface area contributed by atoms with Crippen LogP contribution in [0.25, 0.3) is 22.3 Å². The normalized spacial score (nSPS) is 20.3. The summed E-state index contributed by atoms with van der Waals surface area (Å²) in [6.45, 7) is 9.67. The van der Waals surface area contributed by atoms with Crippen LogP contribution in [0.15, 0.2) is 53.8 Å². The third-order valence-electron chi connectivity index (χ3n) is 7.30. The highest BCUT2D eigenvalue weighted by Gasteiger charge is 2.55. The zero-order chi connectivity index (χ0) is 25.8. The number of hydrogen-bond acceptors (Lipinski definition) is 7. The molecule has 0 fully saturated rings. The van der Waals surface area contributed by atoms with E-state index in [9.17, 15) is 14.4 Å². The first-order valence-corrected chi connectivity index (χ1v) is 15.4.